The van der Waals surface area contributed by atoms with Crippen LogP contribution in [0.25, 0.3) is 11.4 Å². The van der Waals surface area contributed by atoms with Gasteiger partial charge >= 0.3 is 0 Å². The molecule has 0 bridgehead atoms. The Labute approximate surface area is 116 Å². The summed E-state index contributed by atoms with van der Waals surface area (Å²) in [5, 5.41) is 11.4. The molecule has 0 amide bonds. The number of nitrogens with zero attached hydrogens (tertiary/aromatic N) is 4. The average molecular weight is 279 g/mol. The van der Waals surface area contributed by atoms with Crippen LogP contribution in [0, 0.1) is 12.7 Å². The molecule has 0 saturated heterocycles. The number of hydrogen-bond donors (Lipinski definition) is 1. The van der Waals surface area contributed by atoms with Crippen molar-refractivity contribution in [3.63, 3.8) is 0 Å². The predicted molar refractivity (Wildman–Crippen MR) is 73.4 cm³/mol. The monoisotopic (exact) mass is 279 g/mol. The number of rotatable bonds is 5. The largest absolute Gasteiger partial charge is 0.399 e. The van der Waals surface area contributed by atoms with Crippen LogP contribution in [0.5, 0.6) is 0 Å². The van der Waals surface area contributed by atoms with Gasteiger partial charge in [0.15, 0.2) is 5.82 Å². The Hall–Kier alpha value is -2.02. The maximum absolute atomic E-state index is 14.2. The number of tetrazole rings is 1. The molecule has 0 fully saturated rings. The van der Waals surface area contributed by atoms with Crippen LogP contribution in [0.4, 0.5) is 10.1 Å². The molecular formula is C13H18FN5O. The lowest BCUT2D eigenvalue weighted by Crippen LogP contribution is -2.18. The van der Waals surface area contributed by atoms with E-state index < -0.39 is 0 Å². The summed E-state index contributed by atoms with van der Waals surface area (Å²) in [5.74, 6) is -0.0104. The van der Waals surface area contributed by atoms with Crippen molar-refractivity contribution in [2.45, 2.75) is 33.4 Å². The molecule has 2 aromatic rings. The van der Waals surface area contributed by atoms with Gasteiger partial charge < -0.3 is 10.5 Å². The Morgan fingerprint density at radius 1 is 1.45 bits per heavy atom. The first kappa shape index (κ1) is 14.4. The van der Waals surface area contributed by atoms with Crippen LogP contribution < -0.4 is 5.73 Å². The van der Waals surface area contributed by atoms with Gasteiger partial charge in [0.2, 0.25) is 0 Å². The number of nitrogen functional groups attached to an aromatic ring is 1. The Bertz CT molecular complexity index is 598. The molecule has 0 aliphatic rings. The number of ether oxygens (including phenoxy) is 1. The first-order chi connectivity index (χ1) is 9.52. The Kier molecular flexibility index (Phi) is 4.29. The van der Waals surface area contributed by atoms with Gasteiger partial charge in [-0.15, -0.1) is 5.10 Å². The van der Waals surface area contributed by atoms with Crippen LogP contribution in [0.1, 0.15) is 19.4 Å². The number of aromatic nitrogens is 4. The van der Waals surface area contributed by atoms with Gasteiger partial charge in [-0.1, -0.05) is 0 Å². The lowest BCUT2D eigenvalue weighted by Gasteiger charge is -2.13. The van der Waals surface area contributed by atoms with Crippen LogP contribution in [0.3, 0.4) is 0 Å². The van der Waals surface area contributed by atoms with Crippen molar-refractivity contribution in [2.24, 2.45) is 0 Å². The van der Waals surface area contributed by atoms with Gasteiger partial charge in [-0.05, 0) is 48.9 Å². The third-order valence-corrected chi connectivity index (χ3v) is 2.93. The lowest BCUT2D eigenvalue weighted by molar-refractivity contribution is 0.0614. The number of hydrogen-bond acceptors (Lipinski definition) is 5. The first-order valence-corrected chi connectivity index (χ1v) is 6.46. The van der Waals surface area contributed by atoms with E-state index in [9.17, 15) is 4.39 Å². The molecule has 6 nitrogen and oxygen atoms in total. The Morgan fingerprint density at radius 2 is 2.20 bits per heavy atom. The van der Waals surface area contributed by atoms with Crippen LogP contribution in [-0.2, 0) is 11.3 Å². The molecule has 2 N–H and O–H groups in total. The van der Waals surface area contributed by atoms with Crippen molar-refractivity contribution in [1.29, 1.82) is 0 Å². The van der Waals surface area contributed by atoms with Gasteiger partial charge in [-0.25, -0.2) is 9.07 Å². The molecule has 0 aliphatic heterocycles. The first-order valence-electron chi connectivity index (χ1n) is 6.46. The van der Waals surface area contributed by atoms with E-state index >= 15 is 0 Å². The number of nitrogens with two attached hydrogens (primary N) is 1. The molecule has 0 radical (unpaired) electrons. The van der Waals surface area contributed by atoms with Crippen molar-refractivity contribution >= 4 is 5.69 Å². The highest BCUT2D eigenvalue weighted by Gasteiger charge is 2.17. The van der Waals surface area contributed by atoms with Crippen LogP contribution >= 0.6 is 0 Å². The average Bonchev–Trinajstić information content (AvgIpc) is 2.82. The van der Waals surface area contributed by atoms with Crippen molar-refractivity contribution in [2.75, 3.05) is 12.3 Å². The predicted octanol–water partition coefficient (Wildman–Crippen LogP) is 1.79. The molecule has 1 unspecified atom stereocenters. The lowest BCUT2D eigenvalue weighted by atomic mass is 10.1. The van der Waals surface area contributed by atoms with Crippen LogP contribution in [0.2, 0.25) is 0 Å². The van der Waals surface area contributed by atoms with Gasteiger partial charge in [-0.3, -0.25) is 0 Å². The van der Waals surface area contributed by atoms with E-state index in [2.05, 4.69) is 15.5 Å². The molecule has 108 valence electrons. The van der Waals surface area contributed by atoms with E-state index in [1.807, 2.05) is 13.8 Å². The number of anilines is 1. The second-order valence-electron chi connectivity index (χ2n) is 4.65. The molecular weight excluding hydrogens is 261 g/mol. The van der Waals surface area contributed by atoms with Crippen molar-refractivity contribution < 1.29 is 9.13 Å². The number of halogens is 1. The van der Waals surface area contributed by atoms with E-state index in [1.165, 1.54) is 10.7 Å². The zero-order valence-electron chi connectivity index (χ0n) is 11.8. The zero-order chi connectivity index (χ0) is 14.7. The van der Waals surface area contributed by atoms with E-state index in [4.69, 9.17) is 10.5 Å². The Balaban J connectivity index is 2.37. The quantitative estimate of drug-likeness (QED) is 0.844. The fourth-order valence-corrected chi connectivity index (χ4v) is 2.06. The molecule has 1 atom stereocenters. The maximum Gasteiger partial charge on any atom is 0.185 e. The molecule has 2 rings (SSSR count). The molecule has 0 spiro atoms. The maximum atomic E-state index is 14.2. The fraction of sp³-hybridized carbons (Fsp3) is 0.462. The molecule has 1 aromatic carbocycles. The Morgan fingerprint density at radius 3 is 2.90 bits per heavy atom. The van der Waals surface area contributed by atoms with E-state index in [-0.39, 0.29) is 11.9 Å². The highest BCUT2D eigenvalue weighted by atomic mass is 19.1. The summed E-state index contributed by atoms with van der Waals surface area (Å²) in [4.78, 5) is 0. The van der Waals surface area contributed by atoms with Gasteiger partial charge in [0.05, 0.1) is 18.2 Å². The van der Waals surface area contributed by atoms with E-state index in [0.29, 0.717) is 35.8 Å². The third kappa shape index (κ3) is 2.93. The molecule has 0 aliphatic carbocycles. The molecule has 7 heteroatoms. The van der Waals surface area contributed by atoms with E-state index in [0.717, 1.165) is 0 Å². The molecule has 0 saturated carbocycles. The van der Waals surface area contributed by atoms with Gasteiger partial charge in [0.25, 0.3) is 0 Å². The summed E-state index contributed by atoms with van der Waals surface area (Å²) in [6, 6.07) is 3.12. The normalized spacial score (nSPS) is 12.6. The van der Waals surface area contributed by atoms with Crippen LogP contribution in [-0.4, -0.2) is 32.9 Å². The highest BCUT2D eigenvalue weighted by Crippen LogP contribution is 2.25. The van der Waals surface area contributed by atoms with Gasteiger partial charge in [0.1, 0.15) is 5.82 Å². The minimum absolute atomic E-state index is 0.0625. The molecule has 1 heterocycles. The SMILES string of the molecule is CCOC(C)Cn1nnnc1-c1cc(N)cc(C)c1F. The second kappa shape index (κ2) is 5.96. The number of aryl methyl sites for hydroxylation is 1. The van der Waals surface area contributed by atoms with Crippen LogP contribution in [0.15, 0.2) is 12.1 Å². The summed E-state index contributed by atoms with van der Waals surface area (Å²) in [6.45, 7) is 6.54. The summed E-state index contributed by atoms with van der Waals surface area (Å²) in [5.41, 5.74) is 7.01. The summed E-state index contributed by atoms with van der Waals surface area (Å²) in [6.07, 6.45) is -0.0625. The van der Waals surface area contributed by atoms with Crippen molar-refractivity contribution in [3.8, 4) is 11.4 Å². The summed E-state index contributed by atoms with van der Waals surface area (Å²) in [7, 11) is 0. The topological polar surface area (TPSA) is 78.8 Å². The highest BCUT2D eigenvalue weighted by molar-refractivity contribution is 5.63. The van der Waals surface area contributed by atoms with Crippen molar-refractivity contribution in [3.05, 3.63) is 23.5 Å². The number of benzene rings is 1. The second-order valence-corrected chi connectivity index (χ2v) is 4.65. The zero-order valence-corrected chi connectivity index (χ0v) is 11.8. The van der Waals surface area contributed by atoms with Crippen molar-refractivity contribution in [1.82, 2.24) is 20.2 Å². The van der Waals surface area contributed by atoms with E-state index in [1.54, 1.807) is 13.0 Å². The smallest absolute Gasteiger partial charge is 0.185 e. The summed E-state index contributed by atoms with van der Waals surface area (Å²) >= 11 is 0. The fourth-order valence-electron chi connectivity index (χ4n) is 2.06. The molecule has 20 heavy (non-hydrogen) atoms. The van der Waals surface area contributed by atoms with Gasteiger partial charge in [0, 0.05) is 12.3 Å². The standard InChI is InChI=1S/C13H18FN5O/c1-4-20-9(3)7-19-13(16-17-18-19)11-6-10(15)5-8(2)12(11)14/h5-6,9H,4,7,15H2,1-3H3. The minimum Gasteiger partial charge on any atom is -0.399 e. The van der Waals surface area contributed by atoms with Gasteiger partial charge in [-0.2, -0.15) is 0 Å². The molecule has 1 aromatic heterocycles. The minimum atomic E-state index is -0.362. The summed E-state index contributed by atoms with van der Waals surface area (Å²) < 4.78 is 21.2. The third-order valence-electron chi connectivity index (χ3n) is 2.93.